The summed E-state index contributed by atoms with van der Waals surface area (Å²) in [4.78, 5) is 34.4. The number of hydrogen-bond donors (Lipinski definition) is 3. The molecule has 0 atom stereocenters. The van der Waals surface area contributed by atoms with Crippen LogP contribution in [0, 0.1) is 6.92 Å². The van der Waals surface area contributed by atoms with E-state index in [0.717, 1.165) is 19.3 Å². The Morgan fingerprint density at radius 2 is 1.57 bits per heavy atom. The minimum atomic E-state index is -0.961. The molecule has 0 radical (unpaired) electrons. The summed E-state index contributed by atoms with van der Waals surface area (Å²) < 4.78 is 0. The number of carbonyl (C=O) groups excluding carboxylic acids is 2. The highest BCUT2D eigenvalue weighted by Gasteiger charge is 2.07. The van der Waals surface area contributed by atoms with Crippen LogP contribution >= 0.6 is 0 Å². The highest BCUT2D eigenvalue weighted by Crippen LogP contribution is 2.12. The lowest BCUT2D eigenvalue weighted by molar-refractivity contribution is -0.136. The van der Waals surface area contributed by atoms with Gasteiger partial charge in [0.2, 0.25) is 5.91 Å². The van der Waals surface area contributed by atoms with Gasteiger partial charge in [-0.15, -0.1) is 0 Å². The van der Waals surface area contributed by atoms with Crippen molar-refractivity contribution in [1.82, 2.24) is 5.32 Å². The highest BCUT2D eigenvalue weighted by molar-refractivity contribution is 5.95. The number of aryl methyl sites for hydroxylation is 2. The first kappa shape index (κ1) is 21.2. The Morgan fingerprint density at radius 1 is 0.893 bits per heavy atom. The third-order valence-electron chi connectivity index (χ3n) is 4.30. The SMILES string of the molecule is Cc1ccc(CCCCC(=O)Nc2ccc(C(=O)NCCC(=O)O)cc2)cc1. The molecule has 2 aromatic rings. The van der Waals surface area contributed by atoms with E-state index in [-0.39, 0.29) is 24.8 Å². The lowest BCUT2D eigenvalue weighted by Gasteiger charge is -2.07. The Hall–Kier alpha value is -3.15. The summed E-state index contributed by atoms with van der Waals surface area (Å²) in [6.07, 6.45) is 3.04. The largest absolute Gasteiger partial charge is 0.481 e. The molecule has 28 heavy (non-hydrogen) atoms. The second-order valence-corrected chi connectivity index (χ2v) is 6.72. The van der Waals surface area contributed by atoms with E-state index in [1.54, 1.807) is 24.3 Å². The number of benzene rings is 2. The fourth-order valence-electron chi connectivity index (χ4n) is 2.68. The molecule has 3 N–H and O–H groups in total. The Labute approximate surface area is 165 Å². The van der Waals surface area contributed by atoms with Crippen LogP contribution in [-0.4, -0.2) is 29.4 Å². The van der Waals surface area contributed by atoms with Crippen molar-refractivity contribution >= 4 is 23.5 Å². The van der Waals surface area contributed by atoms with Gasteiger partial charge in [-0.1, -0.05) is 29.8 Å². The summed E-state index contributed by atoms with van der Waals surface area (Å²) in [5.41, 5.74) is 3.57. The third-order valence-corrected chi connectivity index (χ3v) is 4.30. The highest BCUT2D eigenvalue weighted by atomic mass is 16.4. The molecule has 6 heteroatoms. The van der Waals surface area contributed by atoms with Crippen LogP contribution < -0.4 is 10.6 Å². The van der Waals surface area contributed by atoms with E-state index in [0.29, 0.717) is 17.7 Å². The number of carbonyl (C=O) groups is 3. The zero-order valence-corrected chi connectivity index (χ0v) is 16.0. The van der Waals surface area contributed by atoms with E-state index in [1.165, 1.54) is 11.1 Å². The van der Waals surface area contributed by atoms with E-state index in [9.17, 15) is 14.4 Å². The maximum absolute atomic E-state index is 12.0. The molecule has 0 saturated carbocycles. The fourth-order valence-corrected chi connectivity index (χ4v) is 2.68. The Kier molecular flexibility index (Phi) is 8.21. The lowest BCUT2D eigenvalue weighted by Crippen LogP contribution is -2.25. The molecule has 2 rings (SSSR count). The molecule has 0 heterocycles. The van der Waals surface area contributed by atoms with Crippen LogP contribution in [0.4, 0.5) is 5.69 Å². The van der Waals surface area contributed by atoms with Gasteiger partial charge >= 0.3 is 5.97 Å². The van der Waals surface area contributed by atoms with Crippen molar-refractivity contribution in [2.75, 3.05) is 11.9 Å². The Bertz CT molecular complexity index is 798. The molecule has 0 aliphatic rings. The van der Waals surface area contributed by atoms with Crippen LogP contribution in [0.25, 0.3) is 0 Å². The molecule has 0 aliphatic carbocycles. The molecular weight excluding hydrogens is 356 g/mol. The second-order valence-electron chi connectivity index (χ2n) is 6.72. The van der Waals surface area contributed by atoms with Gasteiger partial charge in [0, 0.05) is 24.2 Å². The van der Waals surface area contributed by atoms with Gasteiger partial charge in [0.15, 0.2) is 0 Å². The molecule has 0 saturated heterocycles. The summed E-state index contributed by atoms with van der Waals surface area (Å²) >= 11 is 0. The van der Waals surface area contributed by atoms with Crippen molar-refractivity contribution in [2.24, 2.45) is 0 Å². The predicted octanol–water partition coefficient (Wildman–Crippen LogP) is 3.55. The molecule has 0 spiro atoms. The number of carboxylic acids is 1. The van der Waals surface area contributed by atoms with Crippen LogP contribution in [0.15, 0.2) is 48.5 Å². The normalized spacial score (nSPS) is 10.3. The number of aliphatic carboxylic acids is 1. The van der Waals surface area contributed by atoms with Gasteiger partial charge in [0.1, 0.15) is 0 Å². The van der Waals surface area contributed by atoms with Crippen LogP contribution in [-0.2, 0) is 16.0 Å². The van der Waals surface area contributed by atoms with Crippen molar-refractivity contribution in [3.05, 3.63) is 65.2 Å². The van der Waals surface area contributed by atoms with Crippen molar-refractivity contribution in [3.8, 4) is 0 Å². The summed E-state index contributed by atoms with van der Waals surface area (Å²) in [5.74, 6) is -1.35. The summed E-state index contributed by atoms with van der Waals surface area (Å²) in [5, 5.41) is 13.9. The van der Waals surface area contributed by atoms with Crippen molar-refractivity contribution in [2.45, 2.75) is 39.0 Å². The van der Waals surface area contributed by atoms with Crippen molar-refractivity contribution in [1.29, 1.82) is 0 Å². The number of nitrogens with one attached hydrogen (secondary N) is 2. The average Bonchev–Trinajstić information content (AvgIpc) is 2.67. The van der Waals surface area contributed by atoms with Crippen LogP contribution in [0.5, 0.6) is 0 Å². The zero-order valence-electron chi connectivity index (χ0n) is 16.0. The number of hydrogen-bond acceptors (Lipinski definition) is 3. The smallest absolute Gasteiger partial charge is 0.305 e. The van der Waals surface area contributed by atoms with Gasteiger partial charge < -0.3 is 15.7 Å². The summed E-state index contributed by atoms with van der Waals surface area (Å²) in [6.45, 7) is 2.14. The van der Waals surface area contributed by atoms with Gasteiger partial charge in [0.25, 0.3) is 5.91 Å². The number of unbranched alkanes of at least 4 members (excludes halogenated alkanes) is 1. The van der Waals surface area contributed by atoms with Crippen LogP contribution in [0.3, 0.4) is 0 Å². The zero-order chi connectivity index (χ0) is 20.4. The predicted molar refractivity (Wildman–Crippen MR) is 108 cm³/mol. The molecule has 0 aliphatic heterocycles. The molecule has 148 valence electrons. The van der Waals surface area contributed by atoms with E-state index >= 15 is 0 Å². The van der Waals surface area contributed by atoms with Gasteiger partial charge in [-0.2, -0.15) is 0 Å². The molecule has 0 unspecified atom stereocenters. The quantitative estimate of drug-likeness (QED) is 0.548. The Balaban J connectivity index is 1.69. The standard InChI is InChI=1S/C22H26N2O4/c1-16-6-8-17(9-7-16)4-2-3-5-20(25)24-19-12-10-18(11-13-19)22(28)23-15-14-21(26)27/h6-13H,2-5,14-15H2,1H3,(H,23,28)(H,24,25)(H,26,27). The van der Waals surface area contributed by atoms with Crippen molar-refractivity contribution < 1.29 is 19.5 Å². The topological polar surface area (TPSA) is 95.5 Å². The Morgan fingerprint density at radius 3 is 2.21 bits per heavy atom. The average molecular weight is 382 g/mol. The first-order valence-electron chi connectivity index (χ1n) is 9.39. The van der Waals surface area contributed by atoms with E-state index in [1.807, 2.05) is 0 Å². The lowest BCUT2D eigenvalue weighted by atomic mass is 10.1. The number of amides is 2. The molecule has 2 amide bonds. The van der Waals surface area contributed by atoms with Crippen LogP contribution in [0.1, 0.15) is 47.2 Å². The molecule has 6 nitrogen and oxygen atoms in total. The minimum absolute atomic E-state index is 0.0532. The number of anilines is 1. The second kappa shape index (κ2) is 10.9. The van der Waals surface area contributed by atoms with E-state index in [2.05, 4.69) is 41.8 Å². The van der Waals surface area contributed by atoms with E-state index in [4.69, 9.17) is 5.11 Å². The van der Waals surface area contributed by atoms with Crippen LogP contribution in [0.2, 0.25) is 0 Å². The number of carboxylic acid groups (broad SMARTS) is 1. The van der Waals surface area contributed by atoms with Gasteiger partial charge in [0.05, 0.1) is 6.42 Å². The van der Waals surface area contributed by atoms with Gasteiger partial charge in [-0.25, -0.2) is 0 Å². The van der Waals surface area contributed by atoms with Gasteiger partial charge in [-0.3, -0.25) is 14.4 Å². The van der Waals surface area contributed by atoms with Crippen molar-refractivity contribution in [3.63, 3.8) is 0 Å². The molecule has 0 bridgehead atoms. The number of rotatable bonds is 10. The first-order valence-corrected chi connectivity index (χ1v) is 9.39. The minimum Gasteiger partial charge on any atom is -0.481 e. The maximum atomic E-state index is 12.0. The molecule has 2 aromatic carbocycles. The fraction of sp³-hybridized carbons (Fsp3) is 0.318. The summed E-state index contributed by atoms with van der Waals surface area (Å²) in [6, 6.07) is 15.0. The van der Waals surface area contributed by atoms with E-state index < -0.39 is 5.97 Å². The molecule has 0 aromatic heterocycles. The van der Waals surface area contributed by atoms with Gasteiger partial charge in [-0.05, 0) is 56.0 Å². The monoisotopic (exact) mass is 382 g/mol. The first-order chi connectivity index (χ1) is 13.4. The third kappa shape index (κ3) is 7.61. The molecule has 0 fully saturated rings. The summed E-state index contributed by atoms with van der Waals surface area (Å²) in [7, 11) is 0. The maximum Gasteiger partial charge on any atom is 0.305 e. The molecular formula is C22H26N2O4.